The Hall–Kier alpha value is -1.17. The Kier molecular flexibility index (Phi) is 5.34. The van der Waals surface area contributed by atoms with Crippen LogP contribution in [0.3, 0.4) is 0 Å². The van der Waals surface area contributed by atoms with Crippen LogP contribution in [0.2, 0.25) is 0 Å². The van der Waals surface area contributed by atoms with Gasteiger partial charge in [-0.1, -0.05) is 64.5 Å². The Morgan fingerprint density at radius 1 is 0.950 bits per heavy atom. The predicted molar refractivity (Wildman–Crippen MR) is 84.5 cm³/mol. The van der Waals surface area contributed by atoms with E-state index in [1.165, 1.54) is 0 Å². The highest BCUT2D eigenvalue weighted by Gasteiger charge is 2.19. The highest BCUT2D eigenvalue weighted by molar-refractivity contribution is 9.09. The molecule has 0 amide bonds. The van der Waals surface area contributed by atoms with Gasteiger partial charge < -0.3 is 0 Å². The number of alkyl halides is 1. The number of hydrogen-bond acceptors (Lipinski definition) is 2. The second kappa shape index (κ2) is 7.02. The lowest BCUT2D eigenvalue weighted by molar-refractivity contribution is 0.562. The molecule has 0 aliphatic carbocycles. The standard InChI is InChI=1S/C15H16BrNO2S/c16-12-14(11-13-7-3-1-4-8-13)17-20(18,19)15-9-5-2-6-10-15/h1-10,14,17H,11-12H2/t14-/m0/s1. The van der Waals surface area contributed by atoms with E-state index >= 15 is 0 Å². The van der Waals surface area contributed by atoms with E-state index in [9.17, 15) is 8.42 Å². The number of rotatable bonds is 6. The fourth-order valence-corrected chi connectivity index (χ4v) is 3.78. The smallest absolute Gasteiger partial charge is 0.207 e. The topological polar surface area (TPSA) is 46.2 Å². The number of benzene rings is 2. The van der Waals surface area contributed by atoms with Crippen LogP contribution in [0, 0.1) is 0 Å². The molecule has 1 atom stereocenters. The fraction of sp³-hybridized carbons (Fsp3) is 0.200. The molecule has 0 saturated carbocycles. The Balaban J connectivity index is 2.10. The molecule has 3 nitrogen and oxygen atoms in total. The van der Waals surface area contributed by atoms with E-state index < -0.39 is 10.0 Å². The highest BCUT2D eigenvalue weighted by atomic mass is 79.9. The van der Waals surface area contributed by atoms with E-state index in [2.05, 4.69) is 20.7 Å². The molecule has 0 fully saturated rings. The second-order valence-corrected chi connectivity index (χ2v) is 6.84. The summed E-state index contributed by atoms with van der Waals surface area (Å²) in [7, 11) is -3.47. The molecule has 5 heteroatoms. The zero-order valence-corrected chi connectivity index (χ0v) is 13.3. The molecule has 20 heavy (non-hydrogen) atoms. The summed E-state index contributed by atoms with van der Waals surface area (Å²) in [4.78, 5) is 0.291. The third-order valence-electron chi connectivity index (χ3n) is 2.89. The molecule has 1 N–H and O–H groups in total. The van der Waals surface area contributed by atoms with Crippen molar-refractivity contribution in [3.63, 3.8) is 0 Å². The van der Waals surface area contributed by atoms with Crippen LogP contribution in [0.1, 0.15) is 5.56 Å². The molecule has 0 bridgehead atoms. The van der Waals surface area contributed by atoms with Gasteiger partial charge in [0.1, 0.15) is 0 Å². The van der Waals surface area contributed by atoms with E-state index in [4.69, 9.17) is 0 Å². The molecule has 0 aliphatic heterocycles. The van der Waals surface area contributed by atoms with Crippen LogP contribution in [0.25, 0.3) is 0 Å². The minimum atomic E-state index is -3.47. The first kappa shape index (κ1) is 15.2. The molecule has 0 radical (unpaired) electrons. The van der Waals surface area contributed by atoms with Gasteiger partial charge in [0.25, 0.3) is 0 Å². The third-order valence-corrected chi connectivity index (χ3v) is 5.20. The quantitative estimate of drug-likeness (QED) is 0.811. The zero-order chi connectivity index (χ0) is 14.4. The van der Waals surface area contributed by atoms with Crippen molar-refractivity contribution in [3.05, 3.63) is 66.2 Å². The van der Waals surface area contributed by atoms with Crippen LogP contribution < -0.4 is 4.72 Å². The Bertz CT molecular complexity index is 629. The molecular formula is C15H16BrNO2S. The average molecular weight is 354 g/mol. The lowest BCUT2D eigenvalue weighted by Crippen LogP contribution is -2.37. The van der Waals surface area contributed by atoms with E-state index in [-0.39, 0.29) is 6.04 Å². The summed E-state index contributed by atoms with van der Waals surface area (Å²) in [6.45, 7) is 0. The second-order valence-electron chi connectivity index (χ2n) is 4.48. The van der Waals surface area contributed by atoms with Crippen molar-refractivity contribution >= 4 is 26.0 Å². The van der Waals surface area contributed by atoms with E-state index in [0.717, 1.165) is 5.56 Å². The number of hydrogen-bond donors (Lipinski definition) is 1. The molecule has 2 aromatic carbocycles. The maximum Gasteiger partial charge on any atom is 0.240 e. The number of nitrogens with one attached hydrogen (secondary N) is 1. The average Bonchev–Trinajstić information content (AvgIpc) is 2.48. The van der Waals surface area contributed by atoms with Crippen molar-refractivity contribution in [3.8, 4) is 0 Å². The summed E-state index contributed by atoms with van der Waals surface area (Å²) >= 11 is 3.37. The molecule has 0 aliphatic rings. The zero-order valence-electron chi connectivity index (χ0n) is 10.9. The molecule has 2 rings (SSSR count). The normalized spacial score (nSPS) is 13.1. The van der Waals surface area contributed by atoms with Gasteiger partial charge in [-0.05, 0) is 24.1 Å². The summed E-state index contributed by atoms with van der Waals surface area (Å²) < 4.78 is 27.3. The monoisotopic (exact) mass is 353 g/mol. The summed E-state index contributed by atoms with van der Waals surface area (Å²) in [6.07, 6.45) is 0.651. The molecule has 2 aromatic rings. The van der Waals surface area contributed by atoms with Crippen molar-refractivity contribution in [2.45, 2.75) is 17.4 Å². The highest BCUT2D eigenvalue weighted by Crippen LogP contribution is 2.11. The van der Waals surface area contributed by atoms with Crippen molar-refractivity contribution in [1.82, 2.24) is 4.72 Å². The molecule has 0 unspecified atom stereocenters. The van der Waals surface area contributed by atoms with Gasteiger partial charge in [0, 0.05) is 11.4 Å². The molecule has 0 aromatic heterocycles. The number of sulfonamides is 1. The Morgan fingerprint density at radius 2 is 1.50 bits per heavy atom. The summed E-state index contributed by atoms with van der Waals surface area (Å²) in [6, 6.07) is 18.1. The lowest BCUT2D eigenvalue weighted by atomic mass is 10.1. The molecule has 0 saturated heterocycles. The van der Waals surface area contributed by atoms with Crippen LogP contribution >= 0.6 is 15.9 Å². The molecular weight excluding hydrogens is 338 g/mol. The first-order chi connectivity index (χ1) is 9.62. The SMILES string of the molecule is O=S(=O)(N[C@H](CBr)Cc1ccccc1)c1ccccc1. The first-order valence-electron chi connectivity index (χ1n) is 6.29. The van der Waals surface area contributed by atoms with Crippen LogP contribution in [-0.2, 0) is 16.4 Å². The Morgan fingerprint density at radius 3 is 2.05 bits per heavy atom. The van der Waals surface area contributed by atoms with Gasteiger partial charge in [-0.15, -0.1) is 0 Å². The van der Waals surface area contributed by atoms with E-state index in [1.807, 2.05) is 30.3 Å². The van der Waals surface area contributed by atoms with Crippen molar-refractivity contribution < 1.29 is 8.42 Å². The van der Waals surface area contributed by atoms with Gasteiger partial charge in [-0.3, -0.25) is 0 Å². The minimum absolute atomic E-state index is 0.178. The molecule has 0 spiro atoms. The van der Waals surface area contributed by atoms with Gasteiger partial charge in [0.05, 0.1) is 4.90 Å². The summed E-state index contributed by atoms with van der Waals surface area (Å²) in [5.74, 6) is 0. The van der Waals surface area contributed by atoms with E-state index in [1.54, 1.807) is 30.3 Å². The molecule has 106 valence electrons. The Labute approximate surface area is 128 Å². The van der Waals surface area contributed by atoms with Gasteiger partial charge in [0.2, 0.25) is 10.0 Å². The third kappa shape index (κ3) is 4.16. The maximum absolute atomic E-state index is 12.3. The van der Waals surface area contributed by atoms with Crippen LogP contribution in [0.5, 0.6) is 0 Å². The van der Waals surface area contributed by atoms with Gasteiger partial charge in [-0.25, -0.2) is 13.1 Å². The van der Waals surface area contributed by atoms with Gasteiger partial charge in [-0.2, -0.15) is 0 Å². The van der Waals surface area contributed by atoms with Crippen molar-refractivity contribution in [1.29, 1.82) is 0 Å². The van der Waals surface area contributed by atoms with E-state index in [0.29, 0.717) is 16.6 Å². The fourth-order valence-electron chi connectivity index (χ4n) is 1.91. The van der Waals surface area contributed by atoms with Gasteiger partial charge >= 0.3 is 0 Å². The lowest BCUT2D eigenvalue weighted by Gasteiger charge is -2.16. The van der Waals surface area contributed by atoms with Crippen LogP contribution in [-0.4, -0.2) is 19.8 Å². The van der Waals surface area contributed by atoms with Crippen LogP contribution in [0.15, 0.2) is 65.6 Å². The van der Waals surface area contributed by atoms with Gasteiger partial charge in [0.15, 0.2) is 0 Å². The maximum atomic E-state index is 12.3. The van der Waals surface area contributed by atoms with Crippen molar-refractivity contribution in [2.24, 2.45) is 0 Å². The summed E-state index contributed by atoms with van der Waals surface area (Å²) in [5.41, 5.74) is 1.10. The minimum Gasteiger partial charge on any atom is -0.207 e. The summed E-state index contributed by atoms with van der Waals surface area (Å²) in [5, 5.41) is 0.563. The first-order valence-corrected chi connectivity index (χ1v) is 8.89. The predicted octanol–water partition coefficient (Wildman–Crippen LogP) is 2.97. The van der Waals surface area contributed by atoms with Crippen LogP contribution in [0.4, 0.5) is 0 Å². The number of halogens is 1. The molecule has 0 heterocycles. The largest absolute Gasteiger partial charge is 0.240 e. The van der Waals surface area contributed by atoms with Crippen molar-refractivity contribution in [2.75, 3.05) is 5.33 Å².